The van der Waals surface area contributed by atoms with Gasteiger partial charge in [-0.3, -0.25) is 4.72 Å². The normalized spacial score (nSPS) is 11.4. The average molecular weight is 329 g/mol. The van der Waals surface area contributed by atoms with Crippen molar-refractivity contribution in [2.45, 2.75) is 12.3 Å². The van der Waals surface area contributed by atoms with Crippen molar-refractivity contribution in [1.29, 1.82) is 0 Å². The Kier molecular flexibility index (Phi) is 4.82. The third kappa shape index (κ3) is 4.42. The van der Waals surface area contributed by atoms with E-state index in [0.717, 1.165) is 17.7 Å². The third-order valence-corrected chi connectivity index (χ3v) is 4.34. The molecule has 7 heteroatoms. The van der Waals surface area contributed by atoms with Gasteiger partial charge in [-0.2, -0.15) is 0 Å². The van der Waals surface area contributed by atoms with Gasteiger partial charge < -0.3 is 5.73 Å². The number of hydrogen-bond acceptors (Lipinski definition) is 3. The first kappa shape index (κ1) is 15.8. The van der Waals surface area contributed by atoms with E-state index in [1.165, 1.54) is 6.07 Å². The van der Waals surface area contributed by atoms with E-state index in [4.69, 9.17) is 17.3 Å². The molecule has 0 heterocycles. The average Bonchev–Trinajstić information content (AvgIpc) is 2.41. The van der Waals surface area contributed by atoms with Crippen molar-refractivity contribution in [2.75, 3.05) is 4.72 Å². The molecule has 0 aliphatic heterocycles. The minimum absolute atomic E-state index is 0.00860. The molecular weight excluding hydrogens is 315 g/mol. The first-order valence-electron chi connectivity index (χ1n) is 6.13. The molecular formula is C14H14ClFN2O2S. The van der Waals surface area contributed by atoms with Gasteiger partial charge in [-0.1, -0.05) is 35.9 Å². The second-order valence-electron chi connectivity index (χ2n) is 4.51. The number of rotatable bonds is 5. The number of nitrogens with one attached hydrogen (secondary N) is 1. The van der Waals surface area contributed by atoms with Crippen molar-refractivity contribution in [3.8, 4) is 0 Å². The monoisotopic (exact) mass is 328 g/mol. The smallest absolute Gasteiger partial charge is 0.236 e. The third-order valence-electron chi connectivity index (χ3n) is 2.78. The summed E-state index contributed by atoms with van der Waals surface area (Å²) in [6.07, 6.45) is 0. The minimum Gasteiger partial charge on any atom is -0.326 e. The summed E-state index contributed by atoms with van der Waals surface area (Å²) in [5.41, 5.74) is 7.13. The highest BCUT2D eigenvalue weighted by molar-refractivity contribution is 7.91. The van der Waals surface area contributed by atoms with Crippen molar-refractivity contribution in [3.63, 3.8) is 0 Å². The highest BCUT2D eigenvalue weighted by atomic mass is 35.5. The molecule has 2 rings (SSSR count). The van der Waals surface area contributed by atoms with Gasteiger partial charge >= 0.3 is 0 Å². The summed E-state index contributed by atoms with van der Waals surface area (Å²) < 4.78 is 39.5. The van der Waals surface area contributed by atoms with Crippen LogP contribution in [0.3, 0.4) is 0 Å². The summed E-state index contributed by atoms with van der Waals surface area (Å²) in [4.78, 5) is 0. The van der Waals surface area contributed by atoms with Gasteiger partial charge in [-0.25, -0.2) is 12.8 Å². The maximum absolute atomic E-state index is 12.9. The zero-order chi connectivity index (χ0) is 15.5. The molecule has 0 saturated heterocycles. The molecule has 2 aromatic rings. The van der Waals surface area contributed by atoms with Gasteiger partial charge in [-0.05, 0) is 29.3 Å². The Morgan fingerprint density at radius 1 is 1.14 bits per heavy atom. The van der Waals surface area contributed by atoms with Gasteiger partial charge in [0.25, 0.3) is 0 Å². The number of benzene rings is 2. The van der Waals surface area contributed by atoms with Crippen LogP contribution in [0.4, 0.5) is 10.1 Å². The second-order valence-corrected chi connectivity index (χ2v) is 6.64. The maximum atomic E-state index is 12.9. The lowest BCUT2D eigenvalue weighted by Gasteiger charge is -2.10. The number of nitrogens with two attached hydrogens (primary N) is 1. The Bertz CT molecular complexity index is 750. The summed E-state index contributed by atoms with van der Waals surface area (Å²) >= 11 is 5.80. The summed E-state index contributed by atoms with van der Waals surface area (Å²) in [5.74, 6) is -0.743. The highest BCUT2D eigenvalue weighted by Gasteiger charge is 2.14. The van der Waals surface area contributed by atoms with E-state index in [-0.39, 0.29) is 16.5 Å². The van der Waals surface area contributed by atoms with E-state index in [1.807, 2.05) is 6.07 Å². The van der Waals surface area contributed by atoms with Crippen LogP contribution in [0.15, 0.2) is 42.5 Å². The molecule has 0 fully saturated rings. The Hall–Kier alpha value is -1.63. The van der Waals surface area contributed by atoms with Crippen molar-refractivity contribution in [3.05, 3.63) is 64.4 Å². The molecule has 0 bridgehead atoms. The van der Waals surface area contributed by atoms with Crippen LogP contribution < -0.4 is 10.5 Å². The van der Waals surface area contributed by atoms with E-state index in [1.54, 1.807) is 18.2 Å². The van der Waals surface area contributed by atoms with E-state index >= 15 is 0 Å². The fraction of sp³-hybridized carbons (Fsp3) is 0.143. The Labute approximate surface area is 127 Å². The Morgan fingerprint density at radius 2 is 1.86 bits per heavy atom. The van der Waals surface area contributed by atoms with Crippen LogP contribution in [0.5, 0.6) is 0 Å². The fourth-order valence-electron chi connectivity index (χ4n) is 1.84. The van der Waals surface area contributed by atoms with Gasteiger partial charge in [0.05, 0.1) is 16.5 Å². The van der Waals surface area contributed by atoms with Crippen LogP contribution >= 0.6 is 11.6 Å². The molecule has 0 amide bonds. The van der Waals surface area contributed by atoms with Crippen LogP contribution in [-0.4, -0.2) is 8.42 Å². The van der Waals surface area contributed by atoms with Crippen LogP contribution in [0, 0.1) is 5.82 Å². The SMILES string of the molecule is NCc1cccc(CS(=O)(=O)Nc2ccc(F)cc2Cl)c1. The molecule has 3 N–H and O–H groups in total. The standard InChI is InChI=1S/C14H14ClFN2O2S/c15-13-7-12(16)4-5-14(13)18-21(19,20)9-11-3-1-2-10(6-11)8-17/h1-7,18H,8-9,17H2. The van der Waals surface area contributed by atoms with E-state index in [9.17, 15) is 12.8 Å². The summed E-state index contributed by atoms with van der Waals surface area (Å²) in [7, 11) is -3.65. The number of anilines is 1. The second kappa shape index (κ2) is 6.43. The van der Waals surface area contributed by atoms with E-state index < -0.39 is 15.8 Å². The molecule has 0 radical (unpaired) electrons. The zero-order valence-corrected chi connectivity index (χ0v) is 12.6. The molecule has 112 valence electrons. The van der Waals surface area contributed by atoms with Crippen LogP contribution in [-0.2, 0) is 22.3 Å². The number of halogens is 2. The first-order valence-corrected chi connectivity index (χ1v) is 8.16. The molecule has 0 aliphatic carbocycles. The van der Waals surface area contributed by atoms with Crippen LogP contribution in [0.2, 0.25) is 5.02 Å². The summed E-state index contributed by atoms with van der Waals surface area (Å²) in [6.45, 7) is 0.338. The Balaban J connectivity index is 2.18. The minimum atomic E-state index is -3.65. The van der Waals surface area contributed by atoms with Crippen molar-refractivity contribution in [2.24, 2.45) is 5.73 Å². The lowest BCUT2D eigenvalue weighted by molar-refractivity contribution is 0.600. The first-order chi connectivity index (χ1) is 9.89. The fourth-order valence-corrected chi connectivity index (χ4v) is 3.32. The van der Waals surface area contributed by atoms with Crippen molar-refractivity contribution >= 4 is 27.3 Å². The molecule has 0 atom stereocenters. The number of hydrogen-bond donors (Lipinski definition) is 2. The quantitative estimate of drug-likeness (QED) is 0.886. The molecule has 0 saturated carbocycles. The molecule has 0 unspecified atom stereocenters. The van der Waals surface area contributed by atoms with E-state index in [0.29, 0.717) is 12.1 Å². The number of sulfonamides is 1. The van der Waals surface area contributed by atoms with Crippen LogP contribution in [0.1, 0.15) is 11.1 Å². The van der Waals surface area contributed by atoms with Crippen molar-refractivity contribution in [1.82, 2.24) is 0 Å². The molecule has 0 aromatic heterocycles. The largest absolute Gasteiger partial charge is 0.326 e. The lowest BCUT2D eigenvalue weighted by atomic mass is 10.1. The molecule has 0 aliphatic rings. The zero-order valence-electron chi connectivity index (χ0n) is 11.0. The highest BCUT2D eigenvalue weighted by Crippen LogP contribution is 2.24. The lowest BCUT2D eigenvalue weighted by Crippen LogP contribution is -2.15. The van der Waals surface area contributed by atoms with Gasteiger partial charge in [0.15, 0.2) is 0 Å². The molecule has 21 heavy (non-hydrogen) atoms. The van der Waals surface area contributed by atoms with Crippen LogP contribution in [0.25, 0.3) is 0 Å². The predicted octanol–water partition coefficient (Wildman–Crippen LogP) is 2.88. The van der Waals surface area contributed by atoms with E-state index in [2.05, 4.69) is 4.72 Å². The summed E-state index contributed by atoms with van der Waals surface area (Å²) in [6, 6.07) is 10.5. The van der Waals surface area contributed by atoms with Gasteiger partial charge in [-0.15, -0.1) is 0 Å². The van der Waals surface area contributed by atoms with Gasteiger partial charge in [0.2, 0.25) is 10.0 Å². The van der Waals surface area contributed by atoms with Gasteiger partial charge in [0, 0.05) is 6.54 Å². The Morgan fingerprint density at radius 3 is 2.52 bits per heavy atom. The molecule has 0 spiro atoms. The predicted molar refractivity (Wildman–Crippen MR) is 82.0 cm³/mol. The topological polar surface area (TPSA) is 72.2 Å². The molecule has 4 nitrogen and oxygen atoms in total. The molecule has 2 aromatic carbocycles. The van der Waals surface area contributed by atoms with Crippen molar-refractivity contribution < 1.29 is 12.8 Å². The summed E-state index contributed by atoms with van der Waals surface area (Å²) in [5, 5.41) is 0.00860. The van der Waals surface area contributed by atoms with Gasteiger partial charge in [0.1, 0.15) is 5.82 Å². The maximum Gasteiger partial charge on any atom is 0.236 e.